The number of fused-ring (bicyclic) bond motifs is 2. The lowest BCUT2D eigenvalue weighted by Crippen LogP contribution is -2.68. The summed E-state index contributed by atoms with van der Waals surface area (Å²) in [4.78, 5) is 0. The average Bonchev–Trinajstić information content (AvgIpc) is 2.82. The van der Waals surface area contributed by atoms with Gasteiger partial charge in [-0.1, -0.05) is 24.3 Å². The Bertz CT molecular complexity index is 1370. The standard InChI is InChI=1S/C25H21NO3.ClHO4/c1-28-21-9-6-18(7-10-21)25-15-23(22-14-20(27)8-11-24(22)29-25)26-13-12-17-4-2-3-5-19(17)16-26;2-1(3,4)5/h2-11,14-15H,12-13,16H2,1H3;(H,2,3,4,5). The molecule has 9 heteroatoms. The van der Waals surface area contributed by atoms with Crippen molar-refractivity contribution in [3.63, 3.8) is 0 Å². The second-order valence-corrected chi connectivity index (χ2v) is 8.48. The molecular formula is C25H22ClNO7. The molecule has 1 aliphatic heterocycles. The van der Waals surface area contributed by atoms with Gasteiger partial charge in [-0.2, -0.15) is 0 Å². The fourth-order valence-electron chi connectivity index (χ4n) is 4.02. The van der Waals surface area contributed by atoms with E-state index in [1.807, 2.05) is 30.3 Å². The van der Waals surface area contributed by atoms with E-state index in [4.69, 9.17) is 27.8 Å². The highest BCUT2D eigenvalue weighted by Crippen LogP contribution is 2.26. The van der Waals surface area contributed by atoms with Crippen LogP contribution < -0.4 is 33.3 Å². The minimum Gasteiger partial charge on any atom is -0.508 e. The molecule has 0 unspecified atom stereocenters. The third kappa shape index (κ3) is 5.74. The number of phenols is 1. The van der Waals surface area contributed by atoms with E-state index < -0.39 is 10.2 Å². The predicted octanol–water partition coefficient (Wildman–Crippen LogP) is -0.413. The molecule has 5 rings (SSSR count). The Hall–Kier alpha value is -3.40. The maximum Gasteiger partial charge on any atom is 0.215 e. The number of aromatic hydroxyl groups is 1. The number of hydrogen-bond acceptors (Lipinski definition) is 7. The van der Waals surface area contributed by atoms with Crippen molar-refractivity contribution < 1.29 is 43.1 Å². The highest BCUT2D eigenvalue weighted by atomic mass is 35.7. The Labute approximate surface area is 197 Å². The molecule has 2 heterocycles. The van der Waals surface area contributed by atoms with E-state index in [2.05, 4.69) is 34.9 Å². The molecule has 4 aromatic rings. The minimum atomic E-state index is -4.94. The first-order valence-electron chi connectivity index (χ1n) is 10.4. The molecule has 0 spiro atoms. The zero-order valence-corrected chi connectivity index (χ0v) is 19.0. The van der Waals surface area contributed by atoms with Crippen LogP contribution in [0.3, 0.4) is 0 Å². The van der Waals surface area contributed by atoms with Crippen molar-refractivity contribution in [2.45, 2.75) is 13.0 Å². The lowest BCUT2D eigenvalue weighted by atomic mass is 10.0. The van der Waals surface area contributed by atoms with E-state index >= 15 is 0 Å². The van der Waals surface area contributed by atoms with Crippen molar-refractivity contribution in [2.75, 3.05) is 13.7 Å². The van der Waals surface area contributed by atoms with Crippen LogP contribution in [-0.4, -0.2) is 18.8 Å². The monoisotopic (exact) mass is 483 g/mol. The second kappa shape index (κ2) is 9.84. The fourth-order valence-corrected chi connectivity index (χ4v) is 4.02. The van der Waals surface area contributed by atoms with Crippen LogP contribution in [0.1, 0.15) is 11.1 Å². The van der Waals surface area contributed by atoms with Crippen LogP contribution in [0.15, 0.2) is 77.2 Å². The smallest absolute Gasteiger partial charge is 0.215 e. The maximum absolute atomic E-state index is 10.1. The van der Waals surface area contributed by atoms with Crippen molar-refractivity contribution in [3.8, 4) is 22.8 Å². The lowest BCUT2D eigenvalue weighted by Gasteiger charge is -2.17. The van der Waals surface area contributed by atoms with E-state index in [0.717, 1.165) is 52.9 Å². The molecule has 3 aromatic carbocycles. The van der Waals surface area contributed by atoms with Crippen LogP contribution in [0, 0.1) is 10.2 Å². The number of rotatable bonds is 2. The van der Waals surface area contributed by atoms with Crippen LogP contribution in [-0.2, 0) is 13.0 Å². The second-order valence-electron chi connectivity index (χ2n) is 7.72. The zero-order valence-electron chi connectivity index (χ0n) is 18.3. The first-order valence-corrected chi connectivity index (χ1v) is 11.6. The van der Waals surface area contributed by atoms with Crippen molar-refractivity contribution in [1.82, 2.24) is 4.58 Å². The summed E-state index contributed by atoms with van der Waals surface area (Å²) in [7, 11) is -3.28. The highest BCUT2D eigenvalue weighted by Gasteiger charge is 2.20. The summed E-state index contributed by atoms with van der Waals surface area (Å²) in [6.45, 7) is 1.76. The van der Waals surface area contributed by atoms with Gasteiger partial charge in [0.1, 0.15) is 29.4 Å². The number of halogens is 1. The molecule has 1 aromatic heterocycles. The van der Waals surface area contributed by atoms with Crippen LogP contribution >= 0.6 is 0 Å². The molecule has 0 bridgehead atoms. The Morgan fingerprint density at radius 1 is 0.912 bits per heavy atom. The van der Waals surface area contributed by atoms with Gasteiger partial charge in [-0.15, -0.1) is 10.2 Å². The quantitative estimate of drug-likeness (QED) is 0.382. The fraction of sp³-hybridized carbons (Fsp3) is 0.160. The molecule has 0 atom stereocenters. The Kier molecular flexibility index (Phi) is 6.87. The normalized spacial score (nSPS) is 14.7. The molecule has 34 heavy (non-hydrogen) atoms. The number of methoxy groups -OCH3 is 1. The first-order chi connectivity index (χ1) is 16.2. The Morgan fingerprint density at radius 2 is 1.59 bits per heavy atom. The number of benzene rings is 3. The summed E-state index contributed by atoms with van der Waals surface area (Å²) in [6.07, 6.45) is 1.00. The van der Waals surface area contributed by atoms with Crippen molar-refractivity contribution >= 4 is 11.0 Å². The maximum atomic E-state index is 10.1. The van der Waals surface area contributed by atoms with Gasteiger partial charge in [0.25, 0.3) is 0 Å². The summed E-state index contributed by atoms with van der Waals surface area (Å²) in [5.41, 5.74) is 4.50. The number of ether oxygens (including phenoxy) is 1. The SMILES string of the molecule is COc1ccc(-c2cc(=[N+]3CCc4ccccc4C3)c3cc(O)ccc3o2)cc1.[O-][Cl+3]([O-])([O-])[O-]. The summed E-state index contributed by atoms with van der Waals surface area (Å²) in [5.74, 6) is 1.84. The molecular weight excluding hydrogens is 462 g/mol. The van der Waals surface area contributed by atoms with Gasteiger partial charge in [0, 0.05) is 17.5 Å². The molecule has 0 saturated heterocycles. The zero-order chi connectivity index (χ0) is 24.3. The van der Waals surface area contributed by atoms with Crippen molar-refractivity contribution in [2.24, 2.45) is 0 Å². The van der Waals surface area contributed by atoms with Crippen LogP contribution in [0.25, 0.3) is 22.3 Å². The lowest BCUT2D eigenvalue weighted by molar-refractivity contribution is -2.00. The number of hydrogen-bond donors (Lipinski definition) is 1. The van der Waals surface area contributed by atoms with Gasteiger partial charge in [0.15, 0.2) is 6.54 Å². The largest absolute Gasteiger partial charge is 0.508 e. The van der Waals surface area contributed by atoms with Gasteiger partial charge in [-0.3, -0.25) is 0 Å². The average molecular weight is 484 g/mol. The minimum absolute atomic E-state index is 0.239. The van der Waals surface area contributed by atoms with E-state index in [1.54, 1.807) is 19.2 Å². The highest BCUT2D eigenvalue weighted by molar-refractivity contribution is 5.80. The van der Waals surface area contributed by atoms with Crippen molar-refractivity contribution in [1.29, 1.82) is 0 Å². The summed E-state index contributed by atoms with van der Waals surface area (Å²) >= 11 is 0. The van der Waals surface area contributed by atoms with Crippen LogP contribution in [0.2, 0.25) is 0 Å². The third-order valence-corrected chi connectivity index (χ3v) is 5.57. The van der Waals surface area contributed by atoms with E-state index in [-0.39, 0.29) is 5.75 Å². The molecule has 0 aliphatic carbocycles. The van der Waals surface area contributed by atoms with Crippen molar-refractivity contribution in [3.05, 3.63) is 89.3 Å². The van der Waals surface area contributed by atoms with Gasteiger partial charge >= 0.3 is 0 Å². The third-order valence-electron chi connectivity index (χ3n) is 5.57. The van der Waals surface area contributed by atoms with Gasteiger partial charge < -0.3 is 14.3 Å². The Balaban J connectivity index is 0.000000499. The van der Waals surface area contributed by atoms with Crippen LogP contribution in [0.4, 0.5) is 0 Å². The molecule has 0 saturated carbocycles. The summed E-state index contributed by atoms with van der Waals surface area (Å²) in [6, 6.07) is 23.8. The molecule has 1 N–H and O–H groups in total. The molecule has 0 amide bonds. The topological polar surface area (TPSA) is 138 Å². The summed E-state index contributed by atoms with van der Waals surface area (Å²) < 4.78 is 47.8. The van der Waals surface area contributed by atoms with Gasteiger partial charge in [-0.25, -0.2) is 23.2 Å². The molecule has 8 nitrogen and oxygen atoms in total. The molecule has 0 fully saturated rings. The van der Waals surface area contributed by atoms with E-state index in [9.17, 15) is 5.11 Å². The van der Waals surface area contributed by atoms with Gasteiger partial charge in [0.2, 0.25) is 5.36 Å². The van der Waals surface area contributed by atoms with Crippen LogP contribution in [0.5, 0.6) is 11.5 Å². The van der Waals surface area contributed by atoms with Gasteiger partial charge in [0.05, 0.1) is 18.6 Å². The van der Waals surface area contributed by atoms with E-state index in [0.29, 0.717) is 0 Å². The molecule has 0 radical (unpaired) electrons. The van der Waals surface area contributed by atoms with Gasteiger partial charge in [-0.05, 0) is 48.0 Å². The molecule has 1 aliphatic rings. The number of phenolic OH excluding ortho intramolecular Hbond substituents is 1. The Morgan fingerprint density at radius 3 is 2.26 bits per heavy atom. The first kappa shape index (κ1) is 23.7. The summed E-state index contributed by atoms with van der Waals surface area (Å²) in [5, 5.41) is 12.1. The molecule has 176 valence electrons. The predicted molar refractivity (Wildman–Crippen MR) is 114 cm³/mol. The number of nitrogens with zero attached hydrogens (tertiary/aromatic N) is 1. The van der Waals surface area contributed by atoms with E-state index in [1.165, 1.54) is 11.1 Å².